The van der Waals surface area contributed by atoms with Crippen LogP contribution in [0.2, 0.25) is 0 Å². The Hall–Kier alpha value is -2.78. The van der Waals surface area contributed by atoms with Crippen molar-refractivity contribution in [2.75, 3.05) is 11.9 Å². The SMILES string of the molecule is CC#CC(=O)Nc1cc(-n2ccnc2)ccc1OC(C)OCC. The Morgan fingerprint density at radius 1 is 1.48 bits per heavy atom. The molecule has 0 aliphatic rings. The van der Waals surface area contributed by atoms with Crippen LogP contribution in [-0.4, -0.2) is 28.4 Å². The first-order valence-electron chi connectivity index (χ1n) is 7.28. The van der Waals surface area contributed by atoms with Gasteiger partial charge in [-0.15, -0.1) is 0 Å². The normalized spacial score (nSPS) is 11.3. The van der Waals surface area contributed by atoms with Crippen LogP contribution >= 0.6 is 0 Å². The number of carbonyl (C=O) groups excluding carboxylic acids is 1. The van der Waals surface area contributed by atoms with Crippen LogP contribution in [0.3, 0.4) is 0 Å². The van der Waals surface area contributed by atoms with E-state index in [1.807, 2.05) is 23.8 Å². The van der Waals surface area contributed by atoms with Gasteiger partial charge >= 0.3 is 0 Å². The molecule has 23 heavy (non-hydrogen) atoms. The highest BCUT2D eigenvalue weighted by Crippen LogP contribution is 2.28. The van der Waals surface area contributed by atoms with Crippen LogP contribution in [-0.2, 0) is 9.53 Å². The van der Waals surface area contributed by atoms with Gasteiger partial charge in [-0.3, -0.25) is 4.79 Å². The van der Waals surface area contributed by atoms with Crippen molar-refractivity contribution in [3.63, 3.8) is 0 Å². The summed E-state index contributed by atoms with van der Waals surface area (Å²) in [5.41, 5.74) is 1.37. The fourth-order valence-electron chi connectivity index (χ4n) is 2.01. The van der Waals surface area contributed by atoms with Gasteiger partial charge in [0.25, 0.3) is 5.91 Å². The van der Waals surface area contributed by atoms with Crippen LogP contribution in [0, 0.1) is 11.8 Å². The largest absolute Gasteiger partial charge is 0.463 e. The molecule has 2 rings (SSSR count). The van der Waals surface area contributed by atoms with Gasteiger partial charge in [-0.2, -0.15) is 0 Å². The molecule has 0 bridgehead atoms. The van der Waals surface area contributed by atoms with Crippen molar-refractivity contribution in [3.8, 4) is 23.3 Å². The minimum absolute atomic E-state index is 0.399. The molecule has 0 saturated carbocycles. The van der Waals surface area contributed by atoms with Crippen LogP contribution in [0.1, 0.15) is 20.8 Å². The zero-order valence-corrected chi connectivity index (χ0v) is 13.4. The molecule has 0 aliphatic carbocycles. The molecule has 120 valence electrons. The zero-order chi connectivity index (χ0) is 16.7. The molecule has 1 unspecified atom stereocenters. The van der Waals surface area contributed by atoms with E-state index in [1.165, 1.54) is 0 Å². The van der Waals surface area contributed by atoms with Crippen LogP contribution in [0.15, 0.2) is 36.9 Å². The monoisotopic (exact) mass is 313 g/mol. The van der Waals surface area contributed by atoms with Crippen LogP contribution in [0.25, 0.3) is 5.69 Å². The summed E-state index contributed by atoms with van der Waals surface area (Å²) in [6.07, 6.45) is 4.75. The van der Waals surface area contributed by atoms with Crippen molar-refractivity contribution < 1.29 is 14.3 Å². The van der Waals surface area contributed by atoms with E-state index >= 15 is 0 Å². The van der Waals surface area contributed by atoms with Crippen LogP contribution in [0.4, 0.5) is 5.69 Å². The summed E-state index contributed by atoms with van der Waals surface area (Å²) in [6.45, 7) is 5.83. The third-order valence-corrected chi connectivity index (χ3v) is 2.95. The van der Waals surface area contributed by atoms with Gasteiger partial charge in [0.15, 0.2) is 6.29 Å². The number of benzene rings is 1. The topological polar surface area (TPSA) is 65.4 Å². The molecular formula is C17H19N3O3. The number of amides is 1. The minimum Gasteiger partial charge on any atom is -0.463 e. The van der Waals surface area contributed by atoms with E-state index in [2.05, 4.69) is 22.1 Å². The smallest absolute Gasteiger partial charge is 0.300 e. The first-order chi connectivity index (χ1) is 11.1. The minimum atomic E-state index is -0.424. The van der Waals surface area contributed by atoms with Crippen molar-refractivity contribution >= 4 is 11.6 Å². The Labute approximate surface area is 135 Å². The van der Waals surface area contributed by atoms with E-state index in [4.69, 9.17) is 9.47 Å². The quantitative estimate of drug-likeness (QED) is 0.657. The number of anilines is 1. The second-order valence-corrected chi connectivity index (χ2v) is 4.62. The van der Waals surface area contributed by atoms with Crippen molar-refractivity contribution in [2.24, 2.45) is 0 Å². The molecule has 1 heterocycles. The maximum Gasteiger partial charge on any atom is 0.300 e. The summed E-state index contributed by atoms with van der Waals surface area (Å²) in [6, 6.07) is 5.45. The Balaban J connectivity index is 2.31. The molecule has 2 aromatic rings. The van der Waals surface area contributed by atoms with Gasteiger partial charge in [0.1, 0.15) is 5.75 Å². The molecule has 1 aromatic heterocycles. The fourth-order valence-corrected chi connectivity index (χ4v) is 2.01. The van der Waals surface area contributed by atoms with Gasteiger partial charge < -0.3 is 19.4 Å². The highest BCUT2D eigenvalue weighted by Gasteiger charge is 2.12. The predicted octanol–water partition coefficient (Wildman–Crippen LogP) is 2.60. The van der Waals surface area contributed by atoms with Crippen molar-refractivity contribution in [1.29, 1.82) is 0 Å². The molecule has 1 atom stereocenters. The average Bonchev–Trinajstić information content (AvgIpc) is 3.04. The molecule has 1 amide bonds. The van der Waals surface area contributed by atoms with Gasteiger partial charge in [-0.05, 0) is 44.9 Å². The first-order valence-corrected chi connectivity index (χ1v) is 7.28. The lowest BCUT2D eigenvalue weighted by atomic mass is 10.2. The fraction of sp³-hybridized carbons (Fsp3) is 0.294. The number of imidazole rings is 1. The summed E-state index contributed by atoms with van der Waals surface area (Å²) in [7, 11) is 0. The van der Waals surface area contributed by atoms with E-state index in [0.717, 1.165) is 5.69 Å². The average molecular weight is 313 g/mol. The molecular weight excluding hydrogens is 294 g/mol. The van der Waals surface area contributed by atoms with E-state index in [9.17, 15) is 4.79 Å². The molecule has 0 saturated heterocycles. The summed E-state index contributed by atoms with van der Waals surface area (Å²) >= 11 is 0. The number of nitrogens with zero attached hydrogens (tertiary/aromatic N) is 2. The third-order valence-electron chi connectivity index (χ3n) is 2.95. The molecule has 1 aromatic carbocycles. The predicted molar refractivity (Wildman–Crippen MR) is 87.4 cm³/mol. The Bertz CT molecular complexity index is 714. The van der Waals surface area contributed by atoms with Crippen LogP contribution < -0.4 is 10.1 Å². The van der Waals surface area contributed by atoms with Gasteiger partial charge in [-0.1, -0.05) is 5.92 Å². The molecule has 0 aliphatic heterocycles. The first kappa shape index (κ1) is 16.6. The van der Waals surface area contributed by atoms with Crippen molar-refractivity contribution in [2.45, 2.75) is 27.1 Å². The number of rotatable bonds is 6. The highest BCUT2D eigenvalue weighted by molar-refractivity contribution is 6.04. The lowest BCUT2D eigenvalue weighted by molar-refractivity contribution is -0.111. The summed E-state index contributed by atoms with van der Waals surface area (Å²) in [4.78, 5) is 15.8. The van der Waals surface area contributed by atoms with E-state index in [0.29, 0.717) is 18.0 Å². The molecule has 0 radical (unpaired) electrons. The van der Waals surface area contributed by atoms with Gasteiger partial charge in [0.05, 0.1) is 12.0 Å². The number of nitrogens with one attached hydrogen (secondary N) is 1. The van der Waals surface area contributed by atoms with E-state index in [1.54, 1.807) is 38.5 Å². The molecule has 0 spiro atoms. The van der Waals surface area contributed by atoms with Gasteiger partial charge in [-0.25, -0.2) is 4.98 Å². The Morgan fingerprint density at radius 2 is 2.30 bits per heavy atom. The van der Waals surface area contributed by atoms with Crippen molar-refractivity contribution in [1.82, 2.24) is 9.55 Å². The number of hydrogen-bond acceptors (Lipinski definition) is 4. The molecule has 0 fully saturated rings. The molecule has 6 nitrogen and oxygen atoms in total. The highest BCUT2D eigenvalue weighted by atomic mass is 16.7. The number of ether oxygens (including phenoxy) is 2. The Kier molecular flexibility index (Phi) is 5.78. The summed E-state index contributed by atoms with van der Waals surface area (Å²) in [5.74, 6) is 5.13. The summed E-state index contributed by atoms with van der Waals surface area (Å²) < 4.78 is 12.9. The van der Waals surface area contributed by atoms with E-state index in [-0.39, 0.29) is 0 Å². The zero-order valence-electron chi connectivity index (χ0n) is 13.4. The van der Waals surface area contributed by atoms with Gasteiger partial charge in [0, 0.05) is 24.7 Å². The third kappa shape index (κ3) is 4.59. The van der Waals surface area contributed by atoms with Crippen molar-refractivity contribution in [3.05, 3.63) is 36.9 Å². The lowest BCUT2D eigenvalue weighted by Gasteiger charge is -2.18. The lowest BCUT2D eigenvalue weighted by Crippen LogP contribution is -2.18. The number of hydrogen-bond donors (Lipinski definition) is 1. The molecule has 1 N–H and O–H groups in total. The van der Waals surface area contributed by atoms with Gasteiger partial charge in [0.2, 0.25) is 0 Å². The number of aromatic nitrogens is 2. The van der Waals surface area contributed by atoms with E-state index < -0.39 is 12.2 Å². The maximum atomic E-state index is 11.8. The second-order valence-electron chi connectivity index (χ2n) is 4.62. The standard InChI is InChI=1S/C17H19N3O3/c1-4-6-17(21)19-15-11-14(20-10-9-18-12-20)7-8-16(15)23-13(3)22-5-2/h7-13H,5H2,1-3H3,(H,19,21). The summed E-state index contributed by atoms with van der Waals surface area (Å²) in [5, 5.41) is 2.73. The second kappa shape index (κ2) is 8.01. The number of carbonyl (C=O) groups is 1. The molecule has 6 heteroatoms. The Morgan fingerprint density at radius 3 is 2.96 bits per heavy atom. The van der Waals surface area contributed by atoms with Crippen LogP contribution in [0.5, 0.6) is 5.75 Å². The maximum absolute atomic E-state index is 11.8.